The van der Waals surface area contributed by atoms with Crippen LogP contribution in [-0.2, 0) is 14.3 Å². The second-order valence-electron chi connectivity index (χ2n) is 2.79. The van der Waals surface area contributed by atoms with E-state index in [2.05, 4.69) is 4.74 Å². The highest BCUT2D eigenvalue weighted by atomic mass is 16.5. The first-order chi connectivity index (χ1) is 7.02. The Morgan fingerprint density at radius 1 is 1.33 bits per heavy atom. The van der Waals surface area contributed by atoms with Crippen molar-refractivity contribution < 1.29 is 19.4 Å². The van der Waals surface area contributed by atoms with Crippen molar-refractivity contribution in [3.63, 3.8) is 0 Å². The number of aliphatic carboxylic acids is 1. The molecule has 0 heterocycles. The van der Waals surface area contributed by atoms with Gasteiger partial charge in [0.15, 0.2) is 0 Å². The van der Waals surface area contributed by atoms with Gasteiger partial charge in [0, 0.05) is 0 Å². The van der Waals surface area contributed by atoms with Crippen LogP contribution < -0.4 is 0 Å². The molecule has 0 radical (unpaired) electrons. The first kappa shape index (κ1) is 13.2. The molecular weight excluding hydrogens is 196 g/mol. The predicted octanol–water partition coefficient (Wildman–Crippen LogP) is 1.69. The zero-order chi connectivity index (χ0) is 11.8. The number of carbonyl (C=O) groups excluding carboxylic acids is 1. The number of carboxylic acid groups (broad SMARTS) is 1. The van der Waals surface area contributed by atoms with Crippen LogP contribution in [0.4, 0.5) is 0 Å². The molecule has 82 valence electrons. The van der Waals surface area contributed by atoms with Gasteiger partial charge >= 0.3 is 11.9 Å². The van der Waals surface area contributed by atoms with Gasteiger partial charge in [0.05, 0.1) is 7.11 Å². The molecule has 0 aliphatic rings. The molecule has 15 heavy (non-hydrogen) atoms. The Kier molecular flexibility index (Phi) is 5.78. The standard InChI is InChI=1S/C11H14O4/c1-4-5-6-8(2)7-9(10(12)13)11(14)15-3/h4-7H,1-3H3,(H,12,13)/b5-4+,8-6+,9-7+. The first-order valence-corrected chi connectivity index (χ1v) is 4.35. The summed E-state index contributed by atoms with van der Waals surface area (Å²) in [4.78, 5) is 21.7. The average molecular weight is 210 g/mol. The van der Waals surface area contributed by atoms with Crippen LogP contribution >= 0.6 is 0 Å². The van der Waals surface area contributed by atoms with E-state index in [4.69, 9.17) is 5.11 Å². The van der Waals surface area contributed by atoms with Gasteiger partial charge in [0.1, 0.15) is 5.57 Å². The number of esters is 1. The van der Waals surface area contributed by atoms with Crippen molar-refractivity contribution in [2.45, 2.75) is 13.8 Å². The molecule has 1 N–H and O–H groups in total. The Balaban J connectivity index is 5.00. The second kappa shape index (κ2) is 6.59. The van der Waals surface area contributed by atoms with E-state index in [0.717, 1.165) is 7.11 Å². The minimum absolute atomic E-state index is 0.379. The summed E-state index contributed by atoms with van der Waals surface area (Å²) in [6.45, 7) is 3.54. The van der Waals surface area contributed by atoms with E-state index in [0.29, 0.717) is 5.57 Å². The van der Waals surface area contributed by atoms with Crippen LogP contribution in [0.3, 0.4) is 0 Å². The van der Waals surface area contributed by atoms with Crippen LogP contribution in [0.1, 0.15) is 13.8 Å². The van der Waals surface area contributed by atoms with Gasteiger partial charge in [-0.05, 0) is 19.9 Å². The van der Waals surface area contributed by atoms with Gasteiger partial charge in [-0.3, -0.25) is 0 Å². The molecule has 0 saturated heterocycles. The van der Waals surface area contributed by atoms with E-state index in [1.54, 1.807) is 25.2 Å². The third kappa shape index (κ3) is 4.81. The molecule has 0 aromatic carbocycles. The fourth-order valence-electron chi connectivity index (χ4n) is 0.842. The Morgan fingerprint density at radius 2 is 1.93 bits per heavy atom. The molecule has 0 saturated carbocycles. The van der Waals surface area contributed by atoms with Gasteiger partial charge in [0.2, 0.25) is 0 Å². The summed E-state index contributed by atoms with van der Waals surface area (Å²) in [5.74, 6) is -2.15. The number of carbonyl (C=O) groups is 2. The maximum absolute atomic E-state index is 11.0. The normalized spacial score (nSPS) is 13.0. The molecule has 0 atom stereocenters. The Hall–Kier alpha value is -1.84. The summed E-state index contributed by atoms with van der Waals surface area (Å²) < 4.78 is 4.35. The minimum atomic E-state index is -1.30. The molecule has 0 bridgehead atoms. The number of ether oxygens (including phenoxy) is 1. The third-order valence-corrected chi connectivity index (χ3v) is 1.56. The van der Waals surface area contributed by atoms with Gasteiger partial charge in [-0.15, -0.1) is 0 Å². The first-order valence-electron chi connectivity index (χ1n) is 4.35. The average Bonchev–Trinajstić information content (AvgIpc) is 2.21. The smallest absolute Gasteiger partial charge is 0.345 e. The van der Waals surface area contributed by atoms with Gasteiger partial charge in [-0.1, -0.05) is 23.8 Å². The summed E-state index contributed by atoms with van der Waals surface area (Å²) in [5, 5.41) is 8.73. The van der Waals surface area contributed by atoms with Crippen molar-refractivity contribution in [1.82, 2.24) is 0 Å². The quantitative estimate of drug-likeness (QED) is 0.252. The molecule has 0 aliphatic heterocycles. The van der Waals surface area contributed by atoms with E-state index in [-0.39, 0.29) is 5.57 Å². The molecule has 0 aromatic heterocycles. The van der Waals surface area contributed by atoms with Gasteiger partial charge in [0.25, 0.3) is 0 Å². The lowest BCUT2D eigenvalue weighted by atomic mass is 10.1. The summed E-state index contributed by atoms with van der Waals surface area (Å²) in [6.07, 6.45) is 6.53. The molecule has 0 spiro atoms. The number of rotatable bonds is 4. The van der Waals surface area contributed by atoms with Gasteiger partial charge in [-0.2, -0.15) is 0 Å². The van der Waals surface area contributed by atoms with Gasteiger partial charge in [-0.25, -0.2) is 9.59 Å². The van der Waals surface area contributed by atoms with Crippen molar-refractivity contribution in [3.8, 4) is 0 Å². The molecule has 4 heteroatoms. The van der Waals surface area contributed by atoms with E-state index in [1.807, 2.05) is 6.92 Å². The monoisotopic (exact) mass is 210 g/mol. The highest BCUT2D eigenvalue weighted by Crippen LogP contribution is 2.05. The van der Waals surface area contributed by atoms with E-state index in [9.17, 15) is 9.59 Å². The number of allylic oxidation sites excluding steroid dienone is 5. The fourth-order valence-corrected chi connectivity index (χ4v) is 0.842. The Morgan fingerprint density at radius 3 is 2.33 bits per heavy atom. The van der Waals surface area contributed by atoms with Crippen LogP contribution in [-0.4, -0.2) is 24.2 Å². The lowest BCUT2D eigenvalue weighted by molar-refractivity contribution is -0.142. The zero-order valence-corrected chi connectivity index (χ0v) is 8.98. The summed E-state index contributed by atoms with van der Waals surface area (Å²) >= 11 is 0. The van der Waals surface area contributed by atoms with Crippen molar-refractivity contribution in [1.29, 1.82) is 0 Å². The highest BCUT2D eigenvalue weighted by molar-refractivity contribution is 6.13. The summed E-state index contributed by atoms with van der Waals surface area (Å²) in [6, 6.07) is 0. The topological polar surface area (TPSA) is 63.6 Å². The summed E-state index contributed by atoms with van der Waals surface area (Å²) in [7, 11) is 1.14. The van der Waals surface area contributed by atoms with E-state index >= 15 is 0 Å². The largest absolute Gasteiger partial charge is 0.477 e. The molecule has 0 rings (SSSR count). The third-order valence-electron chi connectivity index (χ3n) is 1.56. The number of methoxy groups -OCH3 is 1. The summed E-state index contributed by atoms with van der Waals surface area (Å²) in [5.41, 5.74) is 0.284. The molecular formula is C11H14O4. The fraction of sp³-hybridized carbons (Fsp3) is 0.273. The molecule has 0 aromatic rings. The van der Waals surface area contributed by atoms with Crippen molar-refractivity contribution >= 4 is 11.9 Å². The maximum atomic E-state index is 11.0. The van der Waals surface area contributed by atoms with Crippen LogP contribution in [0.15, 0.2) is 35.5 Å². The van der Waals surface area contributed by atoms with E-state index in [1.165, 1.54) is 6.08 Å². The van der Waals surface area contributed by atoms with Crippen LogP contribution in [0.5, 0.6) is 0 Å². The Labute approximate surface area is 88.6 Å². The number of carboxylic acids is 1. The zero-order valence-electron chi connectivity index (χ0n) is 8.98. The molecule has 0 unspecified atom stereocenters. The van der Waals surface area contributed by atoms with Crippen LogP contribution in [0, 0.1) is 0 Å². The molecule has 0 amide bonds. The molecule has 0 aliphatic carbocycles. The van der Waals surface area contributed by atoms with Gasteiger partial charge < -0.3 is 9.84 Å². The molecule has 0 fully saturated rings. The minimum Gasteiger partial charge on any atom is -0.477 e. The van der Waals surface area contributed by atoms with Crippen molar-refractivity contribution in [3.05, 3.63) is 35.5 Å². The SMILES string of the molecule is C/C=C/C=C(C)/C=C(\C(=O)O)C(=O)OC. The maximum Gasteiger partial charge on any atom is 0.345 e. The number of hydrogen-bond donors (Lipinski definition) is 1. The predicted molar refractivity (Wildman–Crippen MR) is 56.3 cm³/mol. The highest BCUT2D eigenvalue weighted by Gasteiger charge is 2.17. The van der Waals surface area contributed by atoms with E-state index < -0.39 is 11.9 Å². The second-order valence-corrected chi connectivity index (χ2v) is 2.79. The van der Waals surface area contributed by atoms with Crippen molar-refractivity contribution in [2.75, 3.05) is 7.11 Å². The van der Waals surface area contributed by atoms with Crippen LogP contribution in [0.25, 0.3) is 0 Å². The number of hydrogen-bond acceptors (Lipinski definition) is 3. The lowest BCUT2D eigenvalue weighted by Crippen LogP contribution is -2.13. The lowest BCUT2D eigenvalue weighted by Gasteiger charge is -1.99. The Bertz CT molecular complexity index is 334. The molecule has 4 nitrogen and oxygen atoms in total. The van der Waals surface area contributed by atoms with Crippen LogP contribution in [0.2, 0.25) is 0 Å². The van der Waals surface area contributed by atoms with Crippen molar-refractivity contribution in [2.24, 2.45) is 0 Å².